The molecular formula is C10H13N5O2. The van der Waals surface area contributed by atoms with Gasteiger partial charge in [0, 0.05) is 0 Å². The number of aliphatic hydroxyl groups is 1. The predicted octanol–water partition coefficient (Wildman–Crippen LogP) is -0.104. The van der Waals surface area contributed by atoms with E-state index in [1.54, 1.807) is 0 Å². The summed E-state index contributed by atoms with van der Waals surface area (Å²) in [5.74, 6) is 0.363. The summed E-state index contributed by atoms with van der Waals surface area (Å²) in [6, 6.07) is -0.101. The number of H-pyrrole nitrogens is 1. The molecular weight excluding hydrogens is 222 g/mol. The average Bonchev–Trinajstić information content (AvgIpc) is 2.35. The normalized spacial score (nSPS) is 12.6. The quantitative estimate of drug-likeness (QED) is 0.683. The first kappa shape index (κ1) is 11.5. The molecule has 0 fully saturated rings. The van der Waals surface area contributed by atoms with E-state index in [1.165, 1.54) is 12.4 Å². The Hall–Kier alpha value is -2.02. The monoisotopic (exact) mass is 235 g/mol. The highest BCUT2D eigenvalue weighted by atomic mass is 16.3. The molecule has 0 spiro atoms. The average molecular weight is 235 g/mol. The molecule has 2 aromatic heterocycles. The molecule has 3 N–H and O–H groups in total. The van der Waals surface area contributed by atoms with Gasteiger partial charge in [-0.3, -0.25) is 4.79 Å². The van der Waals surface area contributed by atoms with Gasteiger partial charge in [0.25, 0.3) is 5.56 Å². The third-order valence-corrected chi connectivity index (χ3v) is 2.38. The molecule has 0 amide bonds. The highest BCUT2D eigenvalue weighted by molar-refractivity contribution is 5.68. The number of anilines is 1. The van der Waals surface area contributed by atoms with Crippen molar-refractivity contribution in [1.82, 2.24) is 19.9 Å². The van der Waals surface area contributed by atoms with E-state index >= 15 is 0 Å². The molecule has 7 heteroatoms. The Bertz CT molecular complexity index is 564. The maximum Gasteiger partial charge on any atom is 0.268 e. The number of nitrogens with one attached hydrogen (secondary N) is 2. The summed E-state index contributed by atoms with van der Waals surface area (Å²) < 4.78 is 0. The molecule has 0 aliphatic heterocycles. The Balaban J connectivity index is 2.33. The minimum Gasteiger partial charge on any atom is -0.394 e. The zero-order valence-electron chi connectivity index (χ0n) is 9.34. The summed E-state index contributed by atoms with van der Waals surface area (Å²) in [7, 11) is 0. The molecule has 2 rings (SSSR count). The van der Waals surface area contributed by atoms with Crippen LogP contribution in [0.25, 0.3) is 11.2 Å². The largest absolute Gasteiger partial charge is 0.394 e. The van der Waals surface area contributed by atoms with Crippen LogP contribution in [0.15, 0.2) is 17.2 Å². The topological polar surface area (TPSA) is 104 Å². The Kier molecular flexibility index (Phi) is 3.29. The third-order valence-electron chi connectivity index (χ3n) is 2.38. The summed E-state index contributed by atoms with van der Waals surface area (Å²) in [4.78, 5) is 25.7. The standard InChI is InChI=1S/C10H13N5O2/c1-2-6(5-16)13-10-12-3-7-9(15-10)14-8(17)4-11-7/h3-4,6,16H,2,5H2,1H3,(H2,12,13,14,15,17). The van der Waals surface area contributed by atoms with Gasteiger partial charge < -0.3 is 15.4 Å². The van der Waals surface area contributed by atoms with E-state index in [4.69, 9.17) is 5.11 Å². The molecule has 0 radical (unpaired) electrons. The van der Waals surface area contributed by atoms with Crippen LogP contribution in [0, 0.1) is 0 Å². The number of hydrogen-bond donors (Lipinski definition) is 3. The zero-order chi connectivity index (χ0) is 12.3. The van der Waals surface area contributed by atoms with Gasteiger partial charge in [0.05, 0.1) is 25.0 Å². The zero-order valence-corrected chi connectivity index (χ0v) is 9.34. The van der Waals surface area contributed by atoms with Crippen LogP contribution >= 0.6 is 0 Å². The van der Waals surface area contributed by atoms with Crippen molar-refractivity contribution in [2.45, 2.75) is 19.4 Å². The van der Waals surface area contributed by atoms with Gasteiger partial charge >= 0.3 is 0 Å². The number of rotatable bonds is 4. The fourth-order valence-corrected chi connectivity index (χ4v) is 1.37. The van der Waals surface area contributed by atoms with Crippen LogP contribution in [0.3, 0.4) is 0 Å². The van der Waals surface area contributed by atoms with Gasteiger partial charge in [-0.2, -0.15) is 4.98 Å². The van der Waals surface area contributed by atoms with Crippen LogP contribution in [0.2, 0.25) is 0 Å². The maximum atomic E-state index is 11.1. The molecule has 0 aromatic carbocycles. The lowest BCUT2D eigenvalue weighted by molar-refractivity contribution is 0.271. The number of fused-ring (bicyclic) bond motifs is 1. The molecule has 0 saturated carbocycles. The lowest BCUT2D eigenvalue weighted by Gasteiger charge is -2.13. The molecule has 0 bridgehead atoms. The van der Waals surface area contributed by atoms with Gasteiger partial charge in [-0.15, -0.1) is 0 Å². The second kappa shape index (κ2) is 4.88. The number of hydrogen-bond acceptors (Lipinski definition) is 6. The van der Waals surface area contributed by atoms with Crippen molar-refractivity contribution in [3.05, 3.63) is 22.7 Å². The van der Waals surface area contributed by atoms with Crippen LogP contribution in [0.4, 0.5) is 5.95 Å². The molecule has 0 aliphatic carbocycles. The smallest absolute Gasteiger partial charge is 0.268 e. The van der Waals surface area contributed by atoms with Crippen molar-refractivity contribution in [2.24, 2.45) is 0 Å². The summed E-state index contributed by atoms with van der Waals surface area (Å²) in [6.07, 6.45) is 3.45. The summed E-state index contributed by atoms with van der Waals surface area (Å²) >= 11 is 0. The van der Waals surface area contributed by atoms with E-state index in [0.29, 0.717) is 17.1 Å². The van der Waals surface area contributed by atoms with E-state index < -0.39 is 0 Å². The van der Waals surface area contributed by atoms with Gasteiger partial charge in [-0.05, 0) is 6.42 Å². The number of aromatic nitrogens is 4. The van der Waals surface area contributed by atoms with Crippen molar-refractivity contribution in [2.75, 3.05) is 11.9 Å². The van der Waals surface area contributed by atoms with Crippen molar-refractivity contribution >= 4 is 17.1 Å². The first-order valence-corrected chi connectivity index (χ1v) is 5.32. The molecule has 1 unspecified atom stereocenters. The minimum atomic E-state index is -0.309. The van der Waals surface area contributed by atoms with Gasteiger partial charge in [-0.25, -0.2) is 9.97 Å². The van der Waals surface area contributed by atoms with Crippen molar-refractivity contribution in [3.8, 4) is 0 Å². The summed E-state index contributed by atoms with van der Waals surface area (Å²) in [6.45, 7) is 1.94. The van der Waals surface area contributed by atoms with Gasteiger partial charge in [-0.1, -0.05) is 6.92 Å². The van der Waals surface area contributed by atoms with E-state index in [0.717, 1.165) is 6.42 Å². The first-order valence-electron chi connectivity index (χ1n) is 5.32. The molecule has 0 aliphatic rings. The van der Waals surface area contributed by atoms with Crippen LogP contribution < -0.4 is 10.9 Å². The molecule has 0 saturated heterocycles. The third kappa shape index (κ3) is 2.56. The molecule has 90 valence electrons. The minimum absolute atomic E-state index is 0.00145. The number of aliphatic hydroxyl groups excluding tert-OH is 1. The molecule has 2 aromatic rings. The lowest BCUT2D eigenvalue weighted by Crippen LogP contribution is -2.24. The number of aromatic amines is 1. The van der Waals surface area contributed by atoms with Gasteiger partial charge in [0.2, 0.25) is 5.95 Å². The van der Waals surface area contributed by atoms with Crippen LogP contribution in [-0.4, -0.2) is 37.7 Å². The Morgan fingerprint density at radius 3 is 3.00 bits per heavy atom. The fraction of sp³-hybridized carbons (Fsp3) is 0.400. The van der Waals surface area contributed by atoms with Gasteiger partial charge in [0.15, 0.2) is 5.65 Å². The Morgan fingerprint density at radius 1 is 1.47 bits per heavy atom. The number of nitrogens with zero attached hydrogens (tertiary/aromatic N) is 3. The van der Waals surface area contributed by atoms with Crippen LogP contribution in [0.5, 0.6) is 0 Å². The van der Waals surface area contributed by atoms with E-state index in [-0.39, 0.29) is 18.2 Å². The van der Waals surface area contributed by atoms with E-state index in [2.05, 4.69) is 25.3 Å². The van der Waals surface area contributed by atoms with Gasteiger partial charge in [0.1, 0.15) is 5.52 Å². The maximum absolute atomic E-state index is 11.1. The van der Waals surface area contributed by atoms with E-state index in [1.807, 2.05) is 6.92 Å². The molecule has 1 atom stereocenters. The highest BCUT2D eigenvalue weighted by Crippen LogP contribution is 2.07. The van der Waals surface area contributed by atoms with Crippen molar-refractivity contribution in [1.29, 1.82) is 0 Å². The second-order valence-electron chi connectivity index (χ2n) is 3.61. The first-order chi connectivity index (χ1) is 8.22. The van der Waals surface area contributed by atoms with E-state index in [9.17, 15) is 4.79 Å². The van der Waals surface area contributed by atoms with Crippen molar-refractivity contribution < 1.29 is 5.11 Å². The summed E-state index contributed by atoms with van der Waals surface area (Å²) in [5.41, 5.74) is 0.589. The van der Waals surface area contributed by atoms with Crippen LogP contribution in [-0.2, 0) is 0 Å². The Labute approximate surface area is 97.0 Å². The lowest BCUT2D eigenvalue weighted by atomic mass is 10.2. The van der Waals surface area contributed by atoms with Crippen LogP contribution in [0.1, 0.15) is 13.3 Å². The molecule has 2 heterocycles. The highest BCUT2D eigenvalue weighted by Gasteiger charge is 2.07. The predicted molar refractivity (Wildman–Crippen MR) is 62.7 cm³/mol. The van der Waals surface area contributed by atoms with Crippen molar-refractivity contribution in [3.63, 3.8) is 0 Å². The fourth-order valence-electron chi connectivity index (χ4n) is 1.37. The Morgan fingerprint density at radius 2 is 2.29 bits per heavy atom. The SMILES string of the molecule is CCC(CO)Nc1ncc2ncc(=O)[nH]c2n1. The summed E-state index contributed by atoms with van der Waals surface area (Å²) in [5, 5.41) is 12.0. The second-order valence-corrected chi connectivity index (χ2v) is 3.61. The molecule has 7 nitrogen and oxygen atoms in total. The molecule has 17 heavy (non-hydrogen) atoms.